The lowest BCUT2D eigenvalue weighted by Gasteiger charge is -2.31. The number of nitrogens with zero attached hydrogens (tertiary/aromatic N) is 3. The number of likely N-dealkylation sites (tertiary alicyclic amines) is 1. The van der Waals surface area contributed by atoms with Crippen molar-refractivity contribution in [2.24, 2.45) is 5.92 Å². The first-order chi connectivity index (χ1) is 15.6. The number of carbonyl (C=O) groups is 1. The van der Waals surface area contributed by atoms with Gasteiger partial charge in [0.25, 0.3) is 0 Å². The second-order valence-corrected chi connectivity index (χ2v) is 8.12. The first-order valence-corrected chi connectivity index (χ1v) is 11.0. The van der Waals surface area contributed by atoms with Crippen LogP contribution in [0.25, 0.3) is 11.4 Å². The molecule has 0 unspecified atom stereocenters. The molecule has 0 N–H and O–H groups in total. The number of aromatic nitrogens is 2. The fourth-order valence-electron chi connectivity index (χ4n) is 4.09. The molecule has 0 aliphatic carbocycles. The van der Waals surface area contributed by atoms with E-state index in [4.69, 9.17) is 14.0 Å². The van der Waals surface area contributed by atoms with Gasteiger partial charge in [0.15, 0.2) is 0 Å². The van der Waals surface area contributed by atoms with Gasteiger partial charge in [-0.15, -0.1) is 0 Å². The van der Waals surface area contributed by atoms with Gasteiger partial charge in [-0.1, -0.05) is 29.4 Å². The number of piperidine rings is 1. The largest absolute Gasteiger partial charge is 0.497 e. The summed E-state index contributed by atoms with van der Waals surface area (Å²) in [4.78, 5) is 19.2. The van der Waals surface area contributed by atoms with Gasteiger partial charge in [0.1, 0.15) is 11.5 Å². The van der Waals surface area contributed by atoms with Crippen LogP contribution in [-0.2, 0) is 17.6 Å². The maximum Gasteiger partial charge on any atom is 0.227 e. The smallest absolute Gasteiger partial charge is 0.227 e. The minimum atomic E-state index is 0.212. The second-order valence-electron chi connectivity index (χ2n) is 8.12. The summed E-state index contributed by atoms with van der Waals surface area (Å²) in [7, 11) is 3.29. The molecule has 0 bridgehead atoms. The summed E-state index contributed by atoms with van der Waals surface area (Å²) in [5.74, 6) is 3.46. The van der Waals surface area contributed by atoms with Crippen molar-refractivity contribution < 1.29 is 18.8 Å². The van der Waals surface area contributed by atoms with E-state index in [1.807, 2.05) is 53.4 Å². The Morgan fingerprint density at radius 3 is 2.53 bits per heavy atom. The molecule has 168 valence electrons. The highest BCUT2D eigenvalue weighted by Gasteiger charge is 2.24. The quantitative estimate of drug-likeness (QED) is 0.529. The summed E-state index contributed by atoms with van der Waals surface area (Å²) >= 11 is 0. The molecule has 2 aromatic carbocycles. The third-order valence-electron chi connectivity index (χ3n) is 5.99. The van der Waals surface area contributed by atoms with Crippen LogP contribution in [-0.4, -0.2) is 48.3 Å². The second kappa shape index (κ2) is 10.3. The first-order valence-electron chi connectivity index (χ1n) is 11.0. The van der Waals surface area contributed by atoms with Crippen LogP contribution in [0.2, 0.25) is 0 Å². The molecule has 0 saturated carbocycles. The predicted molar refractivity (Wildman–Crippen MR) is 121 cm³/mol. The van der Waals surface area contributed by atoms with E-state index in [0.717, 1.165) is 61.4 Å². The van der Waals surface area contributed by atoms with Crippen molar-refractivity contribution in [1.82, 2.24) is 15.0 Å². The van der Waals surface area contributed by atoms with E-state index in [1.54, 1.807) is 14.2 Å². The highest BCUT2D eigenvalue weighted by Crippen LogP contribution is 2.25. The van der Waals surface area contributed by atoms with Crippen LogP contribution in [0, 0.1) is 5.92 Å². The Morgan fingerprint density at radius 2 is 1.78 bits per heavy atom. The molecular formula is C25H29N3O4. The number of rotatable bonds is 8. The molecule has 4 rings (SSSR count). The molecule has 7 nitrogen and oxygen atoms in total. The van der Waals surface area contributed by atoms with Gasteiger partial charge in [0, 0.05) is 31.5 Å². The minimum absolute atomic E-state index is 0.212. The Bertz CT molecular complexity index is 1040. The average molecular weight is 436 g/mol. The predicted octanol–water partition coefficient (Wildman–Crippen LogP) is 4.17. The molecular weight excluding hydrogens is 406 g/mol. The summed E-state index contributed by atoms with van der Waals surface area (Å²) in [6.45, 7) is 1.55. The van der Waals surface area contributed by atoms with Gasteiger partial charge in [-0.25, -0.2) is 0 Å². The van der Waals surface area contributed by atoms with E-state index in [1.165, 1.54) is 0 Å². The molecule has 1 saturated heterocycles. The van der Waals surface area contributed by atoms with E-state index in [-0.39, 0.29) is 5.91 Å². The molecule has 2 heterocycles. The number of hydrogen-bond donors (Lipinski definition) is 0. The monoisotopic (exact) mass is 435 g/mol. The molecule has 3 aromatic rings. The van der Waals surface area contributed by atoms with Crippen molar-refractivity contribution in [3.63, 3.8) is 0 Å². The van der Waals surface area contributed by atoms with Gasteiger partial charge in [-0.2, -0.15) is 4.98 Å². The van der Waals surface area contributed by atoms with Crippen LogP contribution < -0.4 is 9.47 Å². The fourth-order valence-corrected chi connectivity index (χ4v) is 4.09. The molecule has 0 atom stereocenters. The summed E-state index contributed by atoms with van der Waals surface area (Å²) < 4.78 is 16.0. The van der Waals surface area contributed by atoms with E-state index >= 15 is 0 Å². The van der Waals surface area contributed by atoms with Crippen molar-refractivity contribution in [1.29, 1.82) is 0 Å². The van der Waals surface area contributed by atoms with Crippen molar-refractivity contribution in [2.75, 3.05) is 27.3 Å². The number of carbonyl (C=O) groups excluding carboxylic acids is 1. The lowest BCUT2D eigenvalue weighted by atomic mass is 9.93. The zero-order chi connectivity index (χ0) is 22.3. The van der Waals surface area contributed by atoms with Crippen molar-refractivity contribution >= 4 is 5.91 Å². The van der Waals surface area contributed by atoms with E-state index in [2.05, 4.69) is 10.1 Å². The van der Waals surface area contributed by atoms with Gasteiger partial charge in [0.05, 0.1) is 14.2 Å². The van der Waals surface area contributed by atoms with E-state index in [9.17, 15) is 4.79 Å². The van der Waals surface area contributed by atoms with Crippen LogP contribution in [0.5, 0.6) is 11.5 Å². The molecule has 1 aliphatic heterocycles. The zero-order valence-corrected chi connectivity index (χ0v) is 18.6. The number of methoxy groups -OCH3 is 2. The molecule has 1 fully saturated rings. The number of benzene rings is 2. The molecule has 7 heteroatoms. The highest BCUT2D eigenvalue weighted by atomic mass is 16.5. The minimum Gasteiger partial charge on any atom is -0.497 e. The summed E-state index contributed by atoms with van der Waals surface area (Å²) in [6, 6.07) is 15.5. The van der Waals surface area contributed by atoms with Crippen LogP contribution in [0.4, 0.5) is 0 Å². The lowest BCUT2D eigenvalue weighted by molar-refractivity contribution is -0.132. The van der Waals surface area contributed by atoms with E-state index in [0.29, 0.717) is 24.1 Å². The van der Waals surface area contributed by atoms with Gasteiger partial charge < -0.3 is 18.9 Å². The number of hydrogen-bond acceptors (Lipinski definition) is 6. The summed E-state index contributed by atoms with van der Waals surface area (Å²) in [6.07, 6.45) is 3.88. The first kappa shape index (κ1) is 21.9. The number of aryl methyl sites for hydroxylation is 1. The Labute approximate surface area is 188 Å². The lowest BCUT2D eigenvalue weighted by Crippen LogP contribution is -2.39. The standard InChI is InChI=1S/C25H29N3O4/c1-30-21-7-3-5-18(15-21)9-10-24(29)28-13-11-19(12-14-28)16-23-26-25(27-32-23)20-6-4-8-22(17-20)31-2/h3-8,15,17,19H,9-14,16H2,1-2H3. The molecule has 32 heavy (non-hydrogen) atoms. The summed E-state index contributed by atoms with van der Waals surface area (Å²) in [5.41, 5.74) is 1.99. The molecule has 1 aliphatic rings. The summed E-state index contributed by atoms with van der Waals surface area (Å²) in [5, 5.41) is 4.12. The van der Waals surface area contributed by atoms with E-state index < -0.39 is 0 Å². The molecule has 0 spiro atoms. The van der Waals surface area contributed by atoms with Gasteiger partial charge >= 0.3 is 0 Å². The third kappa shape index (κ3) is 5.46. The van der Waals surface area contributed by atoms with Crippen LogP contribution in [0.3, 0.4) is 0 Å². The third-order valence-corrected chi connectivity index (χ3v) is 5.99. The van der Waals surface area contributed by atoms with Gasteiger partial charge in [0.2, 0.25) is 17.6 Å². The van der Waals surface area contributed by atoms with Gasteiger partial charge in [-0.3, -0.25) is 4.79 Å². The van der Waals surface area contributed by atoms with Crippen LogP contribution in [0.15, 0.2) is 53.1 Å². The molecule has 1 aromatic heterocycles. The Hall–Kier alpha value is -3.35. The van der Waals surface area contributed by atoms with Crippen molar-refractivity contribution in [3.05, 3.63) is 60.0 Å². The maximum absolute atomic E-state index is 12.6. The van der Waals surface area contributed by atoms with Crippen molar-refractivity contribution in [3.8, 4) is 22.9 Å². The fraction of sp³-hybridized carbons (Fsp3) is 0.400. The Kier molecular flexibility index (Phi) is 7.04. The molecule has 0 radical (unpaired) electrons. The normalized spacial score (nSPS) is 14.4. The van der Waals surface area contributed by atoms with Gasteiger partial charge in [-0.05, 0) is 55.0 Å². The van der Waals surface area contributed by atoms with Crippen molar-refractivity contribution in [2.45, 2.75) is 32.1 Å². The highest BCUT2D eigenvalue weighted by molar-refractivity contribution is 5.76. The Morgan fingerprint density at radius 1 is 1.06 bits per heavy atom. The average Bonchev–Trinajstić information content (AvgIpc) is 3.31. The number of ether oxygens (including phenoxy) is 2. The topological polar surface area (TPSA) is 77.7 Å². The number of amides is 1. The molecule has 1 amide bonds. The van der Waals surface area contributed by atoms with Crippen LogP contribution in [0.1, 0.15) is 30.7 Å². The SMILES string of the molecule is COc1cccc(CCC(=O)N2CCC(Cc3nc(-c4cccc(OC)c4)no3)CC2)c1. The van der Waals surface area contributed by atoms with Crippen LogP contribution >= 0.6 is 0 Å². The Balaban J connectivity index is 1.25. The zero-order valence-electron chi connectivity index (χ0n) is 18.6. The maximum atomic E-state index is 12.6.